The summed E-state index contributed by atoms with van der Waals surface area (Å²) in [5.74, 6) is 0. The first kappa shape index (κ1) is 22.8. The topological polar surface area (TPSA) is 0 Å². The Kier molecular flexibility index (Phi) is 26.5. The van der Waals surface area contributed by atoms with Gasteiger partial charge in [-0.25, -0.2) is 0 Å². The Labute approximate surface area is 136 Å². The lowest BCUT2D eigenvalue weighted by molar-refractivity contribution is 0.656. The first-order chi connectivity index (χ1) is 10.3. The first-order valence-electron chi connectivity index (χ1n) is 9.59. The summed E-state index contributed by atoms with van der Waals surface area (Å²) in [5, 5.41) is 0. The number of rotatable bonds is 9. The van der Waals surface area contributed by atoms with E-state index >= 15 is 0 Å². The molecule has 21 heavy (non-hydrogen) atoms. The summed E-state index contributed by atoms with van der Waals surface area (Å²) in [6.45, 7) is 10.4. The molecule has 0 aromatic carbocycles. The molecule has 0 heterocycles. The molecule has 0 radical (unpaired) electrons. The summed E-state index contributed by atoms with van der Waals surface area (Å²) in [4.78, 5) is 0. The van der Waals surface area contributed by atoms with Gasteiger partial charge in [0.15, 0.2) is 0 Å². The zero-order valence-electron chi connectivity index (χ0n) is 15.3. The zero-order valence-corrected chi connectivity index (χ0v) is 15.3. The standard InChI is InChI=1S/C8H16.C7H16.C6H10/c1-3-5-7-8-6-4-2;1-3-5-7-6-4-2;1-2-4-6-5-3-1/h3H,1,4-8H2,2H3;3-7H2,1-2H3;1-2H,3-6H2. The van der Waals surface area contributed by atoms with Gasteiger partial charge < -0.3 is 0 Å². The maximum Gasteiger partial charge on any atom is -0.0351 e. The number of hydrogen-bond donors (Lipinski definition) is 0. The Hall–Kier alpha value is -0.520. The molecule has 0 aromatic rings. The fourth-order valence-corrected chi connectivity index (χ4v) is 2.15. The van der Waals surface area contributed by atoms with Gasteiger partial charge in [-0.3, -0.25) is 0 Å². The summed E-state index contributed by atoms with van der Waals surface area (Å²) in [5.41, 5.74) is 0. The maximum absolute atomic E-state index is 3.66. The van der Waals surface area contributed by atoms with Gasteiger partial charge in [0.2, 0.25) is 0 Å². The lowest BCUT2D eigenvalue weighted by atomic mass is 10.1. The monoisotopic (exact) mass is 294 g/mol. The summed E-state index contributed by atoms with van der Waals surface area (Å²) in [6.07, 6.45) is 25.6. The predicted octanol–water partition coefficient (Wildman–Crippen LogP) is 8.24. The third-order valence-electron chi connectivity index (χ3n) is 3.63. The third kappa shape index (κ3) is 28.4. The molecule has 0 aromatic heterocycles. The van der Waals surface area contributed by atoms with Gasteiger partial charge in [-0.05, 0) is 38.5 Å². The van der Waals surface area contributed by atoms with Crippen molar-refractivity contribution < 1.29 is 0 Å². The van der Waals surface area contributed by atoms with Crippen LogP contribution in [0.5, 0.6) is 0 Å². The summed E-state index contributed by atoms with van der Waals surface area (Å²) >= 11 is 0. The van der Waals surface area contributed by atoms with Gasteiger partial charge in [0.1, 0.15) is 0 Å². The van der Waals surface area contributed by atoms with Gasteiger partial charge in [0, 0.05) is 0 Å². The minimum absolute atomic E-state index is 1.19. The molecule has 1 aliphatic rings. The smallest absolute Gasteiger partial charge is 0.0351 e. The van der Waals surface area contributed by atoms with Gasteiger partial charge >= 0.3 is 0 Å². The molecule has 0 aliphatic heterocycles. The van der Waals surface area contributed by atoms with E-state index in [0.717, 1.165) is 0 Å². The van der Waals surface area contributed by atoms with E-state index in [1.807, 2.05) is 6.08 Å². The van der Waals surface area contributed by atoms with Crippen molar-refractivity contribution in [3.05, 3.63) is 24.8 Å². The molecule has 0 spiro atoms. The van der Waals surface area contributed by atoms with Crippen LogP contribution in [0.3, 0.4) is 0 Å². The molecular formula is C21H42. The van der Waals surface area contributed by atoms with Crippen molar-refractivity contribution in [3.8, 4) is 0 Å². The largest absolute Gasteiger partial charge is 0.103 e. The van der Waals surface area contributed by atoms with Crippen molar-refractivity contribution in [2.45, 2.75) is 111 Å². The van der Waals surface area contributed by atoms with Crippen LogP contribution in [0, 0.1) is 0 Å². The molecule has 0 unspecified atom stereocenters. The van der Waals surface area contributed by atoms with E-state index in [2.05, 4.69) is 39.5 Å². The average Bonchev–Trinajstić information content (AvgIpc) is 2.55. The molecule has 0 atom stereocenters. The van der Waals surface area contributed by atoms with E-state index in [4.69, 9.17) is 0 Å². The van der Waals surface area contributed by atoms with E-state index < -0.39 is 0 Å². The highest BCUT2D eigenvalue weighted by atomic mass is 13.9. The van der Waals surface area contributed by atoms with E-state index in [9.17, 15) is 0 Å². The van der Waals surface area contributed by atoms with Gasteiger partial charge in [0.05, 0.1) is 0 Å². The summed E-state index contributed by atoms with van der Waals surface area (Å²) in [6, 6.07) is 0. The van der Waals surface area contributed by atoms with Crippen molar-refractivity contribution in [3.63, 3.8) is 0 Å². The number of hydrogen-bond acceptors (Lipinski definition) is 0. The Morgan fingerprint density at radius 2 is 1.14 bits per heavy atom. The van der Waals surface area contributed by atoms with Gasteiger partial charge in [-0.2, -0.15) is 0 Å². The van der Waals surface area contributed by atoms with Crippen LogP contribution >= 0.6 is 0 Å². The molecule has 0 amide bonds. The number of allylic oxidation sites excluding steroid dienone is 3. The summed E-state index contributed by atoms with van der Waals surface area (Å²) in [7, 11) is 0. The van der Waals surface area contributed by atoms with Crippen LogP contribution in [0.25, 0.3) is 0 Å². The Morgan fingerprint density at radius 3 is 1.43 bits per heavy atom. The van der Waals surface area contributed by atoms with Crippen LogP contribution in [0.1, 0.15) is 111 Å². The lowest BCUT2D eigenvalue weighted by Gasteiger charge is -1.97. The van der Waals surface area contributed by atoms with Crippen LogP contribution in [-0.4, -0.2) is 0 Å². The van der Waals surface area contributed by atoms with Crippen LogP contribution in [0.2, 0.25) is 0 Å². The maximum atomic E-state index is 3.66. The lowest BCUT2D eigenvalue weighted by Crippen LogP contribution is -1.77. The predicted molar refractivity (Wildman–Crippen MR) is 101 cm³/mol. The van der Waals surface area contributed by atoms with Crippen LogP contribution in [0.15, 0.2) is 24.8 Å². The quantitative estimate of drug-likeness (QED) is 0.296. The van der Waals surface area contributed by atoms with Gasteiger partial charge in [0.25, 0.3) is 0 Å². The molecule has 126 valence electrons. The molecule has 0 heteroatoms. The Bertz CT molecular complexity index is 178. The SMILES string of the molecule is C1=CCCCC1.C=CCCCCCC.CCCCCCC. The molecule has 0 nitrogen and oxygen atoms in total. The van der Waals surface area contributed by atoms with Crippen LogP contribution < -0.4 is 0 Å². The van der Waals surface area contributed by atoms with Crippen molar-refractivity contribution in [2.24, 2.45) is 0 Å². The molecule has 0 bridgehead atoms. The molecular weight excluding hydrogens is 252 g/mol. The van der Waals surface area contributed by atoms with E-state index in [-0.39, 0.29) is 0 Å². The third-order valence-corrected chi connectivity index (χ3v) is 3.63. The van der Waals surface area contributed by atoms with Crippen LogP contribution in [-0.2, 0) is 0 Å². The molecule has 0 saturated heterocycles. The fourth-order valence-electron chi connectivity index (χ4n) is 2.15. The second kappa shape index (κ2) is 24.5. The van der Waals surface area contributed by atoms with Crippen LogP contribution in [0.4, 0.5) is 0 Å². The second-order valence-corrected chi connectivity index (χ2v) is 5.95. The Balaban J connectivity index is 0. The normalized spacial score (nSPS) is 12.7. The molecule has 1 aliphatic carbocycles. The van der Waals surface area contributed by atoms with Crippen molar-refractivity contribution in [1.29, 1.82) is 0 Å². The van der Waals surface area contributed by atoms with E-state index in [1.54, 1.807) is 0 Å². The highest BCUT2D eigenvalue weighted by Crippen LogP contribution is 2.07. The van der Waals surface area contributed by atoms with Gasteiger partial charge in [-0.1, -0.05) is 90.4 Å². The van der Waals surface area contributed by atoms with Crippen molar-refractivity contribution in [1.82, 2.24) is 0 Å². The highest BCUT2D eigenvalue weighted by molar-refractivity contribution is 4.85. The molecule has 0 fully saturated rings. The zero-order chi connectivity index (χ0) is 16.0. The Morgan fingerprint density at radius 1 is 0.714 bits per heavy atom. The second-order valence-electron chi connectivity index (χ2n) is 5.95. The molecule has 1 rings (SSSR count). The average molecular weight is 295 g/mol. The first-order valence-corrected chi connectivity index (χ1v) is 9.59. The molecule has 0 saturated carbocycles. The van der Waals surface area contributed by atoms with E-state index in [0.29, 0.717) is 0 Å². The summed E-state index contributed by atoms with van der Waals surface area (Å²) < 4.78 is 0. The minimum Gasteiger partial charge on any atom is -0.103 e. The van der Waals surface area contributed by atoms with E-state index in [1.165, 1.54) is 89.9 Å². The van der Waals surface area contributed by atoms with Gasteiger partial charge in [-0.15, -0.1) is 6.58 Å². The number of unbranched alkanes of at least 4 members (excludes halogenated alkanes) is 8. The molecule has 0 N–H and O–H groups in total. The van der Waals surface area contributed by atoms with Crippen molar-refractivity contribution >= 4 is 0 Å². The van der Waals surface area contributed by atoms with Crippen molar-refractivity contribution in [2.75, 3.05) is 0 Å². The minimum atomic E-state index is 1.19. The highest BCUT2D eigenvalue weighted by Gasteiger charge is 1.87. The fraction of sp³-hybridized carbons (Fsp3) is 0.810.